The molecule has 0 radical (unpaired) electrons. The van der Waals surface area contributed by atoms with Crippen LogP contribution in [0.25, 0.3) is 0 Å². The number of rotatable bonds is 4. The van der Waals surface area contributed by atoms with E-state index in [0.717, 1.165) is 60.8 Å². The minimum atomic E-state index is -1.24. The molecule has 58 heavy (non-hydrogen) atoms. The van der Waals surface area contributed by atoms with Gasteiger partial charge in [0.15, 0.2) is 34.3 Å². The molecule has 0 aliphatic heterocycles. The Hall–Kier alpha value is -3.65. The van der Waals surface area contributed by atoms with Crippen LogP contribution in [0.3, 0.4) is 0 Å². The van der Waals surface area contributed by atoms with Gasteiger partial charge in [0.1, 0.15) is 0 Å². The van der Waals surface area contributed by atoms with Crippen LogP contribution < -0.4 is 0 Å². The number of carbonyl (C=O) groups excluding carboxylic acids is 6. The lowest BCUT2D eigenvalue weighted by molar-refractivity contribution is -0.185. The molecule has 9 aliphatic carbocycles. The lowest BCUT2D eigenvalue weighted by Crippen LogP contribution is -2.58. The van der Waals surface area contributed by atoms with E-state index in [0.29, 0.717) is 35.6 Å². The summed E-state index contributed by atoms with van der Waals surface area (Å²) in [6, 6.07) is 0. The molecule has 0 amide bonds. The fourth-order valence-corrected chi connectivity index (χ4v) is 15.6. The van der Waals surface area contributed by atoms with Gasteiger partial charge in [0, 0.05) is 46.5 Å². The Morgan fingerprint density at radius 3 is 2.00 bits per heavy atom. The molecule has 310 valence electrons. The van der Waals surface area contributed by atoms with E-state index < -0.39 is 22.6 Å². The normalized spacial score (nSPS) is 46.3. The van der Waals surface area contributed by atoms with E-state index in [2.05, 4.69) is 59.4 Å². The molecule has 0 saturated heterocycles. The predicted molar refractivity (Wildman–Crippen MR) is 220 cm³/mol. The van der Waals surface area contributed by atoms with Crippen LogP contribution in [0.5, 0.6) is 0 Å². The molecule has 9 rings (SSSR count). The third-order valence-electron chi connectivity index (χ3n) is 17.9. The van der Waals surface area contributed by atoms with Crippen LogP contribution in [-0.2, 0) is 38.2 Å². The molecular weight excluding hydrogens is 752 g/mol. The van der Waals surface area contributed by atoms with Crippen molar-refractivity contribution in [3.05, 3.63) is 70.4 Å². The van der Waals surface area contributed by atoms with E-state index in [1.165, 1.54) is 20.8 Å². The standard InChI is InChI=1S/C25H30O4.C24H29ClO4/c1-14-11-19-20(23(5)9-7-18(28)13-21(14)23)8-10-24(6)22(19)12-15(2)25(24,16(3)26)29-17(4)27;1-12(26)24(29-13(2)27)8-6-16-14-10-20(25)19-11-21(28)15-9-18(15)23(19,4)17(14)5-7-22(16,24)3/h7,9,11,13,19-20,22H,2,8,10,12H2,1,3-6H3;10-11,14-18H,5-9H2,1-4H3/t19?,20?,22?,23-,24+,25+;14?,15-,16?,17?,18+,22+,23+,24+/m11/s1. The van der Waals surface area contributed by atoms with Crippen LogP contribution in [0, 0.1) is 69.0 Å². The number of hydrogen-bond donors (Lipinski definition) is 0. The van der Waals surface area contributed by atoms with Crippen LogP contribution in [-0.4, -0.2) is 46.3 Å². The summed E-state index contributed by atoms with van der Waals surface area (Å²) in [6.07, 6.45) is 18.4. The smallest absolute Gasteiger partial charge is 0.303 e. The highest BCUT2D eigenvalue weighted by Gasteiger charge is 2.71. The molecule has 0 aromatic rings. The maximum atomic E-state index is 12.9. The molecule has 6 unspecified atom stereocenters. The molecule has 8 nitrogen and oxygen atoms in total. The lowest BCUT2D eigenvalue weighted by atomic mass is 9.47. The Labute approximate surface area is 348 Å². The molecule has 5 fully saturated rings. The molecule has 9 heteroatoms. The van der Waals surface area contributed by atoms with Gasteiger partial charge in [0.25, 0.3) is 0 Å². The largest absolute Gasteiger partial charge is 0.451 e. The average Bonchev–Trinajstić information content (AvgIpc) is 3.85. The predicted octanol–water partition coefficient (Wildman–Crippen LogP) is 9.13. The highest BCUT2D eigenvalue weighted by Crippen LogP contribution is 2.73. The number of fused-ring (bicyclic) bond motifs is 12. The maximum absolute atomic E-state index is 12.9. The van der Waals surface area contributed by atoms with E-state index in [1.807, 2.05) is 6.08 Å². The molecule has 9 aliphatic rings. The van der Waals surface area contributed by atoms with E-state index >= 15 is 0 Å². The summed E-state index contributed by atoms with van der Waals surface area (Å²) in [5.41, 5.74) is 0.600. The van der Waals surface area contributed by atoms with Gasteiger partial charge >= 0.3 is 11.9 Å². The third-order valence-corrected chi connectivity index (χ3v) is 18.2. The summed E-state index contributed by atoms with van der Waals surface area (Å²) in [5.74, 6) is 1.49. The number of carbonyl (C=O) groups is 6. The van der Waals surface area contributed by atoms with Crippen LogP contribution in [0.15, 0.2) is 70.4 Å². The molecule has 0 aromatic carbocycles. The number of esters is 2. The van der Waals surface area contributed by atoms with Crippen molar-refractivity contribution in [1.82, 2.24) is 0 Å². The first-order valence-corrected chi connectivity index (χ1v) is 21.8. The van der Waals surface area contributed by atoms with E-state index in [9.17, 15) is 28.8 Å². The SMILES string of the molecule is C=C1CC2C3C=C(C)C4=CC(=O)C=C[C@]4(C)C3CC[C@]2(C)[C@@]1(OC(C)=O)C(C)=O.CC(=O)O[C@]1(C(C)=O)CCC2C3C=C(Cl)C4=CC(=O)[C@@H]5C[C@@H]5[C@]4(C)C3CC[C@@]21C. The first-order chi connectivity index (χ1) is 27.0. The average molecular weight is 811 g/mol. The molecule has 0 spiro atoms. The van der Waals surface area contributed by atoms with Crippen molar-refractivity contribution in [1.29, 1.82) is 0 Å². The first kappa shape index (κ1) is 41.1. The van der Waals surface area contributed by atoms with Gasteiger partial charge in [-0.2, -0.15) is 0 Å². The van der Waals surface area contributed by atoms with Crippen molar-refractivity contribution < 1.29 is 38.2 Å². The van der Waals surface area contributed by atoms with Gasteiger partial charge in [-0.1, -0.05) is 69.7 Å². The van der Waals surface area contributed by atoms with Crippen LogP contribution in [0.4, 0.5) is 0 Å². The van der Waals surface area contributed by atoms with Gasteiger partial charge in [-0.3, -0.25) is 28.8 Å². The molecule has 5 saturated carbocycles. The molecule has 0 bridgehead atoms. The molecule has 0 heterocycles. The third kappa shape index (κ3) is 5.24. The Bertz CT molecular complexity index is 2140. The fourth-order valence-electron chi connectivity index (χ4n) is 15.2. The second kappa shape index (κ2) is 13.2. The van der Waals surface area contributed by atoms with E-state index in [4.69, 9.17) is 21.1 Å². The van der Waals surface area contributed by atoms with E-state index in [-0.39, 0.29) is 74.9 Å². The second-order valence-electron chi connectivity index (χ2n) is 20.3. The molecule has 0 N–H and O–H groups in total. The summed E-state index contributed by atoms with van der Waals surface area (Å²) in [5, 5.41) is 0.713. The number of ketones is 4. The number of allylic oxidation sites excluding steroid dienone is 10. The number of halogens is 1. The number of hydrogen-bond acceptors (Lipinski definition) is 8. The van der Waals surface area contributed by atoms with Gasteiger partial charge in [-0.15, -0.1) is 0 Å². The minimum Gasteiger partial charge on any atom is -0.451 e. The Morgan fingerprint density at radius 1 is 0.741 bits per heavy atom. The van der Waals surface area contributed by atoms with Gasteiger partial charge in [0.2, 0.25) is 0 Å². The second-order valence-corrected chi connectivity index (χ2v) is 20.7. The van der Waals surface area contributed by atoms with Gasteiger partial charge < -0.3 is 9.47 Å². The quantitative estimate of drug-likeness (QED) is 0.204. The number of Topliss-reactive ketones (excluding diaryl/α,β-unsaturated/α-hetero) is 2. The topological polar surface area (TPSA) is 121 Å². The summed E-state index contributed by atoms with van der Waals surface area (Å²) < 4.78 is 11.6. The molecule has 14 atom stereocenters. The maximum Gasteiger partial charge on any atom is 0.303 e. The Morgan fingerprint density at radius 2 is 1.36 bits per heavy atom. The zero-order chi connectivity index (χ0) is 42.3. The zero-order valence-corrected chi connectivity index (χ0v) is 36.3. The van der Waals surface area contributed by atoms with Crippen molar-refractivity contribution in [3.63, 3.8) is 0 Å². The summed E-state index contributed by atoms with van der Waals surface area (Å²) in [6.45, 7) is 20.9. The minimum absolute atomic E-state index is 0.0423. The van der Waals surface area contributed by atoms with Gasteiger partial charge in [0.05, 0.1) is 0 Å². The Balaban J connectivity index is 0.000000162. The summed E-state index contributed by atoms with van der Waals surface area (Å²) in [7, 11) is 0. The van der Waals surface area contributed by atoms with Crippen LogP contribution in [0.1, 0.15) is 114 Å². The van der Waals surface area contributed by atoms with Crippen molar-refractivity contribution in [2.24, 2.45) is 69.0 Å². The van der Waals surface area contributed by atoms with E-state index in [1.54, 1.807) is 19.1 Å². The van der Waals surface area contributed by atoms with Gasteiger partial charge in [-0.25, -0.2) is 0 Å². The number of ether oxygens (including phenoxy) is 2. The molecular formula is C49H59ClO8. The summed E-state index contributed by atoms with van der Waals surface area (Å²) >= 11 is 6.79. The highest BCUT2D eigenvalue weighted by molar-refractivity contribution is 6.32. The van der Waals surface area contributed by atoms with Crippen LogP contribution >= 0.6 is 11.6 Å². The summed E-state index contributed by atoms with van der Waals surface area (Å²) in [4.78, 5) is 74.1. The van der Waals surface area contributed by atoms with Crippen molar-refractivity contribution >= 4 is 46.7 Å². The van der Waals surface area contributed by atoms with Crippen molar-refractivity contribution in [2.45, 2.75) is 125 Å². The van der Waals surface area contributed by atoms with Gasteiger partial charge in [-0.05, 0) is 149 Å². The highest BCUT2D eigenvalue weighted by atomic mass is 35.5. The Kier molecular flexibility index (Phi) is 9.33. The first-order valence-electron chi connectivity index (χ1n) is 21.4. The molecule has 0 aromatic heterocycles. The zero-order valence-electron chi connectivity index (χ0n) is 35.6. The van der Waals surface area contributed by atoms with Crippen LogP contribution in [0.2, 0.25) is 0 Å². The van der Waals surface area contributed by atoms with Crippen molar-refractivity contribution in [2.75, 3.05) is 0 Å². The monoisotopic (exact) mass is 810 g/mol. The lowest BCUT2D eigenvalue weighted by Gasteiger charge is -2.57. The van der Waals surface area contributed by atoms with Crippen molar-refractivity contribution in [3.8, 4) is 0 Å². The fraction of sp³-hybridized carbons (Fsp3) is 0.633.